The molecule has 1 aliphatic rings. The van der Waals surface area contributed by atoms with Gasteiger partial charge in [0.15, 0.2) is 0 Å². The van der Waals surface area contributed by atoms with Crippen molar-refractivity contribution in [2.75, 3.05) is 0 Å². The van der Waals surface area contributed by atoms with E-state index in [1.807, 2.05) is 0 Å². The van der Waals surface area contributed by atoms with Crippen LogP contribution in [-0.2, 0) is 0 Å². The number of rotatable bonds is 0. The normalized spacial score (nSPS) is 29.2. The highest BCUT2D eigenvalue weighted by atomic mass is 28.3. The van der Waals surface area contributed by atoms with E-state index in [0.717, 1.165) is 0 Å². The van der Waals surface area contributed by atoms with Crippen molar-refractivity contribution in [3.63, 3.8) is 0 Å². The SMILES string of the molecule is F[SiH]1C=CC=N1. The van der Waals surface area contributed by atoms with Gasteiger partial charge in [-0.3, -0.25) is 8.77 Å². The Morgan fingerprint density at radius 1 is 1.67 bits per heavy atom. The van der Waals surface area contributed by atoms with Crippen LogP contribution in [0.5, 0.6) is 0 Å². The van der Waals surface area contributed by atoms with Crippen LogP contribution in [0.2, 0.25) is 0 Å². The summed E-state index contributed by atoms with van der Waals surface area (Å²) in [6.07, 6.45) is 3.16. The second kappa shape index (κ2) is 1.34. The molecule has 0 aromatic carbocycles. The molecule has 0 bridgehead atoms. The van der Waals surface area contributed by atoms with Crippen molar-refractivity contribution in [1.29, 1.82) is 0 Å². The van der Waals surface area contributed by atoms with Crippen LogP contribution in [0.4, 0.5) is 4.11 Å². The molecule has 0 radical (unpaired) electrons. The largest absolute Gasteiger partial charge is 0.376 e. The van der Waals surface area contributed by atoms with Crippen LogP contribution in [0.15, 0.2) is 16.4 Å². The summed E-state index contributed by atoms with van der Waals surface area (Å²) >= 11 is 0. The van der Waals surface area contributed by atoms with E-state index < -0.39 is 9.29 Å². The van der Waals surface area contributed by atoms with Crippen molar-refractivity contribution in [2.24, 2.45) is 4.66 Å². The predicted molar refractivity (Wildman–Crippen MR) is 25.9 cm³/mol. The molecule has 0 spiro atoms. The number of nitrogens with zero attached hydrogens (tertiary/aromatic N) is 1. The topological polar surface area (TPSA) is 12.4 Å². The minimum absolute atomic E-state index is 1.51. The summed E-state index contributed by atoms with van der Waals surface area (Å²) in [5, 5.41) is 0. The molecule has 0 saturated carbocycles. The Kier molecular flexibility index (Phi) is 0.835. The van der Waals surface area contributed by atoms with Crippen LogP contribution in [0.25, 0.3) is 0 Å². The maximum absolute atomic E-state index is 11.8. The maximum atomic E-state index is 11.8. The maximum Gasteiger partial charge on any atom is 0.376 e. The number of hydrogen-bond acceptors (Lipinski definition) is 1. The molecule has 0 aliphatic carbocycles. The van der Waals surface area contributed by atoms with Gasteiger partial charge in [0.25, 0.3) is 0 Å². The lowest BCUT2D eigenvalue weighted by Crippen LogP contribution is -1.88. The highest BCUT2D eigenvalue weighted by Crippen LogP contribution is 1.92. The molecular formula is C3H4FNSi. The van der Waals surface area contributed by atoms with E-state index in [0.29, 0.717) is 0 Å². The summed E-state index contributed by atoms with van der Waals surface area (Å²) < 4.78 is 15.2. The van der Waals surface area contributed by atoms with Gasteiger partial charge in [0.2, 0.25) is 0 Å². The number of halogens is 1. The molecule has 1 rings (SSSR count). The van der Waals surface area contributed by atoms with Crippen LogP contribution in [0, 0.1) is 0 Å². The van der Waals surface area contributed by atoms with Crippen molar-refractivity contribution in [2.45, 2.75) is 0 Å². The van der Waals surface area contributed by atoms with Crippen LogP contribution >= 0.6 is 0 Å². The Morgan fingerprint density at radius 3 is 2.67 bits per heavy atom. The van der Waals surface area contributed by atoms with E-state index in [-0.39, 0.29) is 0 Å². The summed E-state index contributed by atoms with van der Waals surface area (Å²) in [7, 11) is -2.16. The monoisotopic (exact) mass is 101 g/mol. The highest BCUT2D eigenvalue weighted by Gasteiger charge is 2.01. The predicted octanol–water partition coefficient (Wildman–Crippen LogP) is 0.356. The minimum atomic E-state index is -2.16. The molecule has 1 unspecified atom stereocenters. The molecule has 0 saturated heterocycles. The summed E-state index contributed by atoms with van der Waals surface area (Å²) in [6.45, 7) is 0. The van der Waals surface area contributed by atoms with Gasteiger partial charge in [-0.15, -0.1) is 0 Å². The zero-order chi connectivity index (χ0) is 4.41. The zero-order valence-electron chi connectivity index (χ0n) is 3.13. The van der Waals surface area contributed by atoms with Gasteiger partial charge in [0.1, 0.15) is 0 Å². The van der Waals surface area contributed by atoms with E-state index in [9.17, 15) is 4.11 Å². The molecule has 3 heteroatoms. The lowest BCUT2D eigenvalue weighted by Gasteiger charge is -1.75. The molecule has 0 aromatic heterocycles. The fraction of sp³-hybridized carbons (Fsp3) is 0. The molecule has 0 aromatic rings. The zero-order valence-corrected chi connectivity index (χ0v) is 4.29. The van der Waals surface area contributed by atoms with Crippen LogP contribution < -0.4 is 0 Å². The molecule has 6 heavy (non-hydrogen) atoms. The first-order valence-electron chi connectivity index (χ1n) is 1.73. The van der Waals surface area contributed by atoms with Crippen LogP contribution in [0.1, 0.15) is 0 Å². The van der Waals surface area contributed by atoms with E-state index in [1.54, 1.807) is 6.08 Å². The molecule has 1 nitrogen and oxygen atoms in total. The molecule has 0 fully saturated rings. The lowest BCUT2D eigenvalue weighted by atomic mass is 10.7. The quantitative estimate of drug-likeness (QED) is 0.308. The second-order valence-corrected chi connectivity index (χ2v) is 2.48. The van der Waals surface area contributed by atoms with Crippen molar-refractivity contribution in [3.05, 3.63) is 11.8 Å². The van der Waals surface area contributed by atoms with E-state index >= 15 is 0 Å². The van der Waals surface area contributed by atoms with Gasteiger partial charge in [-0.2, -0.15) is 0 Å². The average molecular weight is 101 g/mol. The Labute approximate surface area is 37.1 Å². The molecular weight excluding hydrogens is 97.1 g/mol. The lowest BCUT2D eigenvalue weighted by molar-refractivity contribution is 0.848. The van der Waals surface area contributed by atoms with Gasteiger partial charge in [0.05, 0.1) is 0 Å². The summed E-state index contributed by atoms with van der Waals surface area (Å²) in [6, 6.07) is 0. The summed E-state index contributed by atoms with van der Waals surface area (Å²) in [4.78, 5) is 0. The highest BCUT2D eigenvalue weighted by molar-refractivity contribution is 6.58. The molecule has 1 heterocycles. The Morgan fingerprint density at radius 2 is 2.50 bits per heavy atom. The van der Waals surface area contributed by atoms with Gasteiger partial charge >= 0.3 is 9.29 Å². The first-order chi connectivity index (χ1) is 2.89. The molecule has 0 amide bonds. The third-order valence-electron chi connectivity index (χ3n) is 0.584. The summed E-state index contributed by atoms with van der Waals surface area (Å²) in [5.41, 5.74) is 1.53. The van der Waals surface area contributed by atoms with Crippen LogP contribution in [0.3, 0.4) is 0 Å². The van der Waals surface area contributed by atoms with Crippen molar-refractivity contribution >= 4 is 15.5 Å². The van der Waals surface area contributed by atoms with Gasteiger partial charge in [-0.25, -0.2) is 0 Å². The van der Waals surface area contributed by atoms with Crippen molar-refractivity contribution in [1.82, 2.24) is 0 Å². The average Bonchev–Trinajstić information content (AvgIpc) is 1.86. The molecule has 0 N–H and O–H groups in total. The third-order valence-corrected chi connectivity index (χ3v) is 1.58. The smallest absolute Gasteiger partial charge is 0.294 e. The second-order valence-electron chi connectivity index (χ2n) is 1.06. The summed E-state index contributed by atoms with van der Waals surface area (Å²) in [5.74, 6) is 0. The molecule has 1 aliphatic heterocycles. The Hall–Kier alpha value is -0.443. The Bertz CT molecular complexity index is 87.0. The van der Waals surface area contributed by atoms with E-state index in [1.165, 1.54) is 11.9 Å². The first-order valence-corrected chi connectivity index (χ1v) is 3.35. The third kappa shape index (κ3) is 0.541. The minimum Gasteiger partial charge on any atom is -0.294 e. The Balaban J connectivity index is 2.60. The van der Waals surface area contributed by atoms with Gasteiger partial charge in [0, 0.05) is 6.21 Å². The standard InChI is InChI=1S/C3H4FNSi/c4-6-3-1-2-5-6/h1-3,6H. The fourth-order valence-corrected chi connectivity index (χ4v) is 0.969. The van der Waals surface area contributed by atoms with Crippen LogP contribution in [-0.4, -0.2) is 15.5 Å². The van der Waals surface area contributed by atoms with Gasteiger partial charge in [-0.05, 0) is 11.8 Å². The number of allylic oxidation sites excluding steroid dienone is 1. The number of hydrogen-bond donors (Lipinski definition) is 0. The van der Waals surface area contributed by atoms with Crippen molar-refractivity contribution < 1.29 is 4.11 Å². The fourth-order valence-electron chi connectivity index (χ4n) is 0.323. The molecule has 32 valence electrons. The van der Waals surface area contributed by atoms with Gasteiger partial charge in [-0.1, -0.05) is 0 Å². The molecule has 1 atom stereocenters. The first kappa shape index (κ1) is 3.74. The van der Waals surface area contributed by atoms with E-state index in [2.05, 4.69) is 4.66 Å². The van der Waals surface area contributed by atoms with E-state index in [4.69, 9.17) is 0 Å². The van der Waals surface area contributed by atoms with Gasteiger partial charge < -0.3 is 0 Å². The van der Waals surface area contributed by atoms with Crippen molar-refractivity contribution in [3.8, 4) is 0 Å².